The number of nitrogens with zero attached hydrogens (tertiary/aromatic N) is 2. The molecule has 0 amide bonds. The zero-order valence-corrected chi connectivity index (χ0v) is 11.9. The number of halogens is 2. The maximum Gasteiger partial charge on any atom is 0.181 e. The van der Waals surface area contributed by atoms with Gasteiger partial charge in [0, 0.05) is 23.7 Å². The van der Waals surface area contributed by atoms with E-state index >= 15 is 0 Å². The fourth-order valence-corrected chi connectivity index (χ4v) is 2.13. The molecular weight excluding hydrogens is 286 g/mol. The van der Waals surface area contributed by atoms with E-state index in [0.717, 1.165) is 17.2 Å². The molecule has 0 aliphatic rings. The predicted octanol–water partition coefficient (Wildman–Crippen LogP) is 3.23. The van der Waals surface area contributed by atoms with Gasteiger partial charge in [-0.15, -0.1) is 0 Å². The van der Waals surface area contributed by atoms with E-state index in [-0.39, 0.29) is 6.42 Å². The molecule has 0 saturated heterocycles. The number of hydrogen-bond acceptors (Lipinski definition) is 3. The Morgan fingerprint density at radius 3 is 2.68 bits per heavy atom. The highest BCUT2D eigenvalue weighted by Gasteiger charge is 2.10. The standard InChI is InChI=1S/C16H14F2N4/c1-9-2-3-11(6-14(9)19)16-20-15(21-22-16)7-10-4-5-12(17)8-13(10)18/h2-6,8H,7,19H2,1H3,(H,20,21,22). The van der Waals surface area contributed by atoms with E-state index in [1.54, 1.807) is 6.07 Å². The predicted molar refractivity (Wildman–Crippen MR) is 80.1 cm³/mol. The first-order valence-corrected chi connectivity index (χ1v) is 6.74. The van der Waals surface area contributed by atoms with Crippen LogP contribution in [0.5, 0.6) is 0 Å². The molecule has 0 atom stereocenters. The highest BCUT2D eigenvalue weighted by atomic mass is 19.1. The third kappa shape index (κ3) is 2.81. The number of aromatic nitrogens is 3. The van der Waals surface area contributed by atoms with Crippen LogP contribution in [0.15, 0.2) is 36.4 Å². The molecule has 3 aromatic rings. The summed E-state index contributed by atoms with van der Waals surface area (Å²) in [7, 11) is 0. The number of hydrogen-bond donors (Lipinski definition) is 2. The van der Waals surface area contributed by atoms with E-state index in [1.165, 1.54) is 12.1 Å². The normalized spacial score (nSPS) is 10.9. The number of H-pyrrole nitrogens is 1. The number of aromatic amines is 1. The summed E-state index contributed by atoms with van der Waals surface area (Å²) < 4.78 is 26.5. The van der Waals surface area contributed by atoms with E-state index in [0.29, 0.717) is 22.9 Å². The second-order valence-corrected chi connectivity index (χ2v) is 5.09. The van der Waals surface area contributed by atoms with Gasteiger partial charge in [0.25, 0.3) is 0 Å². The van der Waals surface area contributed by atoms with Gasteiger partial charge < -0.3 is 5.73 Å². The summed E-state index contributed by atoms with van der Waals surface area (Å²) >= 11 is 0. The zero-order valence-electron chi connectivity index (χ0n) is 11.9. The average molecular weight is 300 g/mol. The van der Waals surface area contributed by atoms with Crippen molar-refractivity contribution in [2.75, 3.05) is 5.73 Å². The molecule has 0 unspecified atom stereocenters. The van der Waals surface area contributed by atoms with Gasteiger partial charge in [0.15, 0.2) is 5.82 Å². The quantitative estimate of drug-likeness (QED) is 0.730. The highest BCUT2D eigenvalue weighted by Crippen LogP contribution is 2.21. The molecule has 0 fully saturated rings. The molecule has 0 spiro atoms. The molecule has 4 nitrogen and oxygen atoms in total. The maximum atomic E-state index is 13.6. The molecule has 1 heterocycles. The van der Waals surface area contributed by atoms with Crippen molar-refractivity contribution in [1.29, 1.82) is 0 Å². The Morgan fingerprint density at radius 2 is 1.95 bits per heavy atom. The minimum Gasteiger partial charge on any atom is -0.398 e. The van der Waals surface area contributed by atoms with Gasteiger partial charge in [0.1, 0.15) is 17.5 Å². The van der Waals surface area contributed by atoms with Crippen LogP contribution in [0.3, 0.4) is 0 Å². The summed E-state index contributed by atoms with van der Waals surface area (Å²) in [6.07, 6.45) is 0.209. The van der Waals surface area contributed by atoms with Crippen molar-refractivity contribution >= 4 is 5.69 Å². The van der Waals surface area contributed by atoms with E-state index in [1.807, 2.05) is 19.1 Å². The monoisotopic (exact) mass is 300 g/mol. The van der Waals surface area contributed by atoms with Crippen molar-refractivity contribution in [3.8, 4) is 11.4 Å². The molecule has 3 N–H and O–H groups in total. The van der Waals surface area contributed by atoms with Gasteiger partial charge in [-0.1, -0.05) is 18.2 Å². The molecule has 0 aliphatic carbocycles. The van der Waals surface area contributed by atoms with Crippen LogP contribution in [0, 0.1) is 18.6 Å². The first-order chi connectivity index (χ1) is 10.5. The maximum absolute atomic E-state index is 13.6. The summed E-state index contributed by atoms with van der Waals surface area (Å²) in [6.45, 7) is 1.92. The average Bonchev–Trinajstić information content (AvgIpc) is 2.93. The molecule has 1 aromatic heterocycles. The van der Waals surface area contributed by atoms with Crippen molar-refractivity contribution in [2.24, 2.45) is 0 Å². The molecule has 0 aliphatic heterocycles. The number of nitrogen functional groups attached to an aromatic ring is 1. The van der Waals surface area contributed by atoms with Crippen LogP contribution in [0.25, 0.3) is 11.4 Å². The zero-order chi connectivity index (χ0) is 15.7. The van der Waals surface area contributed by atoms with Crippen molar-refractivity contribution in [2.45, 2.75) is 13.3 Å². The minimum absolute atomic E-state index is 0.209. The number of benzene rings is 2. The molecule has 0 bridgehead atoms. The molecule has 2 aromatic carbocycles. The summed E-state index contributed by atoms with van der Waals surface area (Å²) in [6, 6.07) is 9.03. The molecule has 6 heteroatoms. The first kappa shape index (κ1) is 14.2. The van der Waals surface area contributed by atoms with Crippen LogP contribution in [-0.2, 0) is 6.42 Å². The topological polar surface area (TPSA) is 67.6 Å². The third-order valence-electron chi connectivity index (χ3n) is 3.44. The lowest BCUT2D eigenvalue weighted by Crippen LogP contribution is -1.95. The van der Waals surface area contributed by atoms with Crippen molar-refractivity contribution in [1.82, 2.24) is 15.2 Å². The first-order valence-electron chi connectivity index (χ1n) is 6.74. The smallest absolute Gasteiger partial charge is 0.181 e. The lowest BCUT2D eigenvalue weighted by molar-refractivity contribution is 0.573. The van der Waals surface area contributed by atoms with Crippen LogP contribution in [0.1, 0.15) is 17.0 Å². The van der Waals surface area contributed by atoms with Crippen molar-refractivity contribution < 1.29 is 8.78 Å². The summed E-state index contributed by atoms with van der Waals surface area (Å²) in [5.74, 6) is -0.212. The molecular formula is C16H14F2N4. The van der Waals surface area contributed by atoms with Crippen LogP contribution in [0.2, 0.25) is 0 Å². The number of rotatable bonds is 3. The second kappa shape index (κ2) is 5.55. The Morgan fingerprint density at radius 1 is 1.14 bits per heavy atom. The summed E-state index contributed by atoms with van der Waals surface area (Å²) in [4.78, 5) is 4.33. The van der Waals surface area contributed by atoms with E-state index in [9.17, 15) is 8.78 Å². The Bertz CT molecular complexity index is 827. The number of nitrogens with one attached hydrogen (secondary N) is 1. The van der Waals surface area contributed by atoms with Crippen molar-refractivity contribution in [3.05, 3.63) is 65.0 Å². The van der Waals surface area contributed by atoms with Gasteiger partial charge in [-0.05, 0) is 30.2 Å². The van der Waals surface area contributed by atoms with Crippen LogP contribution < -0.4 is 5.73 Å². The Kier molecular flexibility index (Phi) is 3.58. The molecule has 0 saturated carbocycles. The van der Waals surface area contributed by atoms with E-state index < -0.39 is 11.6 Å². The largest absolute Gasteiger partial charge is 0.398 e. The number of aryl methyl sites for hydroxylation is 1. The van der Waals surface area contributed by atoms with E-state index in [2.05, 4.69) is 15.2 Å². The van der Waals surface area contributed by atoms with Gasteiger partial charge in [-0.25, -0.2) is 13.8 Å². The van der Waals surface area contributed by atoms with Gasteiger partial charge in [0.2, 0.25) is 0 Å². The van der Waals surface area contributed by atoms with Crippen LogP contribution in [-0.4, -0.2) is 15.2 Å². The Balaban J connectivity index is 1.85. The summed E-state index contributed by atoms with van der Waals surface area (Å²) in [5.41, 5.74) is 8.65. The Hall–Kier alpha value is -2.76. The molecule has 3 rings (SSSR count). The number of nitrogens with two attached hydrogens (primary N) is 1. The van der Waals surface area contributed by atoms with Crippen LogP contribution in [0.4, 0.5) is 14.5 Å². The van der Waals surface area contributed by atoms with E-state index in [4.69, 9.17) is 5.73 Å². The molecule has 112 valence electrons. The second-order valence-electron chi connectivity index (χ2n) is 5.09. The fraction of sp³-hybridized carbons (Fsp3) is 0.125. The lowest BCUT2D eigenvalue weighted by Gasteiger charge is -2.01. The van der Waals surface area contributed by atoms with Gasteiger partial charge in [-0.3, -0.25) is 5.10 Å². The minimum atomic E-state index is -0.602. The highest BCUT2D eigenvalue weighted by molar-refractivity contribution is 5.63. The van der Waals surface area contributed by atoms with Crippen LogP contribution >= 0.6 is 0 Å². The number of anilines is 1. The van der Waals surface area contributed by atoms with Gasteiger partial charge in [0.05, 0.1) is 0 Å². The lowest BCUT2D eigenvalue weighted by atomic mass is 10.1. The SMILES string of the molecule is Cc1ccc(-c2n[nH]c(Cc3ccc(F)cc3F)n2)cc1N. The molecule has 0 radical (unpaired) electrons. The Labute approximate surface area is 126 Å². The van der Waals surface area contributed by atoms with Gasteiger partial charge in [-0.2, -0.15) is 5.10 Å². The summed E-state index contributed by atoms with van der Waals surface area (Å²) in [5, 5.41) is 6.88. The van der Waals surface area contributed by atoms with Crippen molar-refractivity contribution in [3.63, 3.8) is 0 Å². The van der Waals surface area contributed by atoms with Gasteiger partial charge >= 0.3 is 0 Å². The molecule has 22 heavy (non-hydrogen) atoms. The fourth-order valence-electron chi connectivity index (χ4n) is 2.13. The third-order valence-corrected chi connectivity index (χ3v) is 3.44.